The van der Waals surface area contributed by atoms with Crippen molar-refractivity contribution >= 4 is 41.7 Å². The molecular formula is C15H27IN4OS. The molecule has 1 fully saturated rings. The Bertz CT molecular complexity index is 472. The first-order valence-electron chi connectivity index (χ1n) is 7.71. The molecule has 0 aromatic carbocycles. The summed E-state index contributed by atoms with van der Waals surface area (Å²) in [6.07, 6.45) is 1.21. The largest absolute Gasteiger partial charge is 0.444 e. The Kier molecular flexibility index (Phi) is 8.59. The predicted octanol–water partition coefficient (Wildman–Crippen LogP) is 3.20. The van der Waals surface area contributed by atoms with Crippen LogP contribution in [0.4, 0.5) is 0 Å². The lowest BCUT2D eigenvalue weighted by atomic mass is 10.3. The van der Waals surface area contributed by atoms with Gasteiger partial charge in [0.15, 0.2) is 5.96 Å². The third-order valence-corrected chi connectivity index (χ3v) is 5.04. The number of oxazole rings is 1. The standard InChI is InChI=1S/C15H26N4OS.HI/c1-5-13-10-19(7-8-21-13)15(16-6-2)17-9-14-18-11(3)12(4)20-14;/h13H,5-10H2,1-4H3,(H,16,17);1H. The Labute approximate surface area is 154 Å². The van der Waals surface area contributed by atoms with Crippen LogP contribution < -0.4 is 5.32 Å². The lowest BCUT2D eigenvalue weighted by molar-refractivity contribution is 0.405. The first kappa shape index (κ1) is 19.6. The van der Waals surface area contributed by atoms with E-state index >= 15 is 0 Å². The number of aromatic nitrogens is 1. The van der Waals surface area contributed by atoms with E-state index in [0.29, 0.717) is 17.7 Å². The Balaban J connectivity index is 0.00000242. The third kappa shape index (κ3) is 5.33. The highest BCUT2D eigenvalue weighted by Crippen LogP contribution is 2.21. The van der Waals surface area contributed by atoms with Crippen LogP contribution in [-0.2, 0) is 6.54 Å². The van der Waals surface area contributed by atoms with Gasteiger partial charge in [-0.05, 0) is 27.2 Å². The van der Waals surface area contributed by atoms with Crippen LogP contribution in [-0.4, -0.2) is 46.5 Å². The summed E-state index contributed by atoms with van der Waals surface area (Å²) in [5.41, 5.74) is 0.950. The van der Waals surface area contributed by atoms with Crippen LogP contribution in [0.3, 0.4) is 0 Å². The molecule has 7 heteroatoms. The van der Waals surface area contributed by atoms with Crippen LogP contribution in [0.2, 0.25) is 0 Å². The average Bonchev–Trinajstić information content (AvgIpc) is 2.82. The lowest BCUT2D eigenvalue weighted by Crippen LogP contribution is -2.48. The molecule has 0 spiro atoms. The Hall–Kier alpha value is -0.440. The van der Waals surface area contributed by atoms with E-state index in [9.17, 15) is 0 Å². The number of halogens is 1. The number of hydrogen-bond acceptors (Lipinski definition) is 4. The Morgan fingerprint density at radius 1 is 1.45 bits per heavy atom. The van der Waals surface area contributed by atoms with Crippen molar-refractivity contribution in [3.8, 4) is 0 Å². The van der Waals surface area contributed by atoms with Crippen molar-refractivity contribution in [3.63, 3.8) is 0 Å². The van der Waals surface area contributed by atoms with E-state index in [1.807, 2.05) is 13.8 Å². The molecule has 0 saturated carbocycles. The zero-order valence-electron chi connectivity index (χ0n) is 13.9. The van der Waals surface area contributed by atoms with Gasteiger partial charge in [-0.3, -0.25) is 0 Å². The molecule has 1 atom stereocenters. The molecule has 1 aliphatic heterocycles. The van der Waals surface area contributed by atoms with Gasteiger partial charge in [-0.1, -0.05) is 6.92 Å². The van der Waals surface area contributed by atoms with E-state index in [4.69, 9.17) is 9.41 Å². The minimum absolute atomic E-state index is 0. The number of nitrogens with zero attached hydrogens (tertiary/aromatic N) is 3. The zero-order valence-corrected chi connectivity index (χ0v) is 17.0. The lowest BCUT2D eigenvalue weighted by Gasteiger charge is -2.34. The fourth-order valence-electron chi connectivity index (χ4n) is 2.33. The summed E-state index contributed by atoms with van der Waals surface area (Å²) >= 11 is 2.07. The first-order chi connectivity index (χ1) is 10.1. The van der Waals surface area contributed by atoms with E-state index in [-0.39, 0.29) is 24.0 Å². The number of guanidine groups is 1. The van der Waals surface area contributed by atoms with Crippen molar-refractivity contribution in [2.24, 2.45) is 4.99 Å². The summed E-state index contributed by atoms with van der Waals surface area (Å²) in [6, 6.07) is 0. The number of rotatable bonds is 4. The van der Waals surface area contributed by atoms with Crippen molar-refractivity contribution in [2.45, 2.75) is 45.9 Å². The Morgan fingerprint density at radius 2 is 2.23 bits per heavy atom. The van der Waals surface area contributed by atoms with E-state index < -0.39 is 0 Å². The summed E-state index contributed by atoms with van der Waals surface area (Å²) in [7, 11) is 0. The van der Waals surface area contributed by atoms with Gasteiger partial charge in [0, 0.05) is 30.6 Å². The number of hydrogen-bond donors (Lipinski definition) is 1. The van der Waals surface area contributed by atoms with Crippen molar-refractivity contribution in [1.82, 2.24) is 15.2 Å². The van der Waals surface area contributed by atoms with E-state index in [1.165, 1.54) is 12.2 Å². The predicted molar refractivity (Wildman–Crippen MR) is 104 cm³/mol. The topological polar surface area (TPSA) is 53.7 Å². The monoisotopic (exact) mass is 438 g/mol. The van der Waals surface area contributed by atoms with Gasteiger partial charge in [0.05, 0.1) is 5.69 Å². The molecule has 1 N–H and O–H groups in total. The number of thioether (sulfide) groups is 1. The van der Waals surface area contributed by atoms with Crippen molar-refractivity contribution in [3.05, 3.63) is 17.3 Å². The second-order valence-electron chi connectivity index (χ2n) is 5.27. The maximum Gasteiger partial charge on any atom is 0.216 e. The average molecular weight is 438 g/mol. The quantitative estimate of drug-likeness (QED) is 0.445. The molecular weight excluding hydrogens is 411 g/mol. The highest BCUT2D eigenvalue weighted by molar-refractivity contribution is 14.0. The molecule has 2 rings (SSSR count). The number of aryl methyl sites for hydroxylation is 2. The first-order valence-corrected chi connectivity index (χ1v) is 8.76. The maximum absolute atomic E-state index is 5.60. The zero-order chi connectivity index (χ0) is 15.2. The molecule has 1 aliphatic rings. The van der Waals surface area contributed by atoms with Crippen LogP contribution in [0.5, 0.6) is 0 Å². The van der Waals surface area contributed by atoms with Crippen LogP contribution in [0.1, 0.15) is 37.6 Å². The molecule has 5 nitrogen and oxygen atoms in total. The molecule has 1 aromatic heterocycles. The minimum Gasteiger partial charge on any atom is -0.444 e. The van der Waals surface area contributed by atoms with Gasteiger partial charge in [0.1, 0.15) is 12.3 Å². The van der Waals surface area contributed by atoms with Gasteiger partial charge < -0.3 is 14.6 Å². The molecule has 1 aromatic rings. The molecule has 1 unspecified atom stereocenters. The van der Waals surface area contributed by atoms with Crippen molar-refractivity contribution < 1.29 is 4.42 Å². The molecule has 22 heavy (non-hydrogen) atoms. The summed E-state index contributed by atoms with van der Waals surface area (Å²) < 4.78 is 5.60. The fraction of sp³-hybridized carbons (Fsp3) is 0.733. The normalized spacial score (nSPS) is 19.0. The highest BCUT2D eigenvalue weighted by Gasteiger charge is 2.21. The van der Waals surface area contributed by atoms with E-state index in [2.05, 4.69) is 40.8 Å². The highest BCUT2D eigenvalue weighted by atomic mass is 127. The van der Waals surface area contributed by atoms with Gasteiger partial charge in [-0.15, -0.1) is 24.0 Å². The van der Waals surface area contributed by atoms with Crippen LogP contribution in [0.25, 0.3) is 0 Å². The molecule has 0 radical (unpaired) electrons. The molecule has 0 amide bonds. The minimum atomic E-state index is 0. The smallest absolute Gasteiger partial charge is 0.216 e. The van der Waals surface area contributed by atoms with Crippen LogP contribution in [0, 0.1) is 13.8 Å². The second-order valence-corrected chi connectivity index (χ2v) is 6.67. The van der Waals surface area contributed by atoms with E-state index in [0.717, 1.165) is 37.0 Å². The summed E-state index contributed by atoms with van der Waals surface area (Å²) in [5, 5.41) is 4.09. The fourth-order valence-corrected chi connectivity index (χ4v) is 3.51. The van der Waals surface area contributed by atoms with Gasteiger partial charge in [0.25, 0.3) is 0 Å². The number of aliphatic imine (C=N–C) groups is 1. The number of nitrogens with one attached hydrogen (secondary N) is 1. The summed E-state index contributed by atoms with van der Waals surface area (Å²) in [5.74, 6) is 3.72. The van der Waals surface area contributed by atoms with Gasteiger partial charge >= 0.3 is 0 Å². The molecule has 126 valence electrons. The second kappa shape index (κ2) is 9.64. The van der Waals surface area contributed by atoms with Crippen LogP contribution in [0.15, 0.2) is 9.41 Å². The van der Waals surface area contributed by atoms with Gasteiger partial charge in [-0.25, -0.2) is 9.98 Å². The summed E-state index contributed by atoms with van der Waals surface area (Å²) in [4.78, 5) is 11.4. The van der Waals surface area contributed by atoms with Crippen molar-refractivity contribution in [1.29, 1.82) is 0 Å². The molecule has 0 bridgehead atoms. The van der Waals surface area contributed by atoms with Crippen molar-refractivity contribution in [2.75, 3.05) is 25.4 Å². The summed E-state index contributed by atoms with van der Waals surface area (Å²) in [6.45, 7) is 11.8. The molecule has 1 saturated heterocycles. The van der Waals surface area contributed by atoms with Gasteiger partial charge in [-0.2, -0.15) is 11.8 Å². The molecule has 2 heterocycles. The third-order valence-electron chi connectivity index (χ3n) is 3.67. The molecule has 0 aliphatic carbocycles. The van der Waals surface area contributed by atoms with Gasteiger partial charge in [0.2, 0.25) is 5.89 Å². The Morgan fingerprint density at radius 3 is 2.82 bits per heavy atom. The maximum atomic E-state index is 5.60. The SMILES string of the molecule is CCNC(=NCc1nc(C)c(C)o1)N1CCSC(CC)C1.I. The van der Waals surface area contributed by atoms with E-state index in [1.54, 1.807) is 0 Å². The van der Waals surface area contributed by atoms with Crippen LogP contribution >= 0.6 is 35.7 Å².